The average Bonchev–Trinajstić information content (AvgIpc) is 2.47. The highest BCUT2D eigenvalue weighted by molar-refractivity contribution is 7.80. The van der Waals surface area contributed by atoms with E-state index < -0.39 is 0 Å². The fourth-order valence-corrected chi connectivity index (χ4v) is 2.89. The Kier molecular flexibility index (Phi) is 5.82. The van der Waals surface area contributed by atoms with Crippen molar-refractivity contribution >= 4 is 17.3 Å². The SMILES string of the molecule is COc1cccc(CN2CCN(C(=S)NC(C)C)CC2)c1. The molecule has 0 radical (unpaired) electrons. The maximum Gasteiger partial charge on any atom is 0.169 e. The van der Waals surface area contributed by atoms with Gasteiger partial charge in [-0.25, -0.2) is 0 Å². The monoisotopic (exact) mass is 307 g/mol. The van der Waals surface area contributed by atoms with E-state index in [-0.39, 0.29) is 0 Å². The van der Waals surface area contributed by atoms with E-state index in [4.69, 9.17) is 17.0 Å². The summed E-state index contributed by atoms with van der Waals surface area (Å²) in [6.45, 7) is 9.26. The van der Waals surface area contributed by atoms with Crippen LogP contribution in [-0.2, 0) is 6.54 Å². The Morgan fingerprint density at radius 3 is 2.62 bits per heavy atom. The van der Waals surface area contributed by atoms with Crippen molar-refractivity contribution in [2.75, 3.05) is 33.3 Å². The molecule has 1 saturated heterocycles. The summed E-state index contributed by atoms with van der Waals surface area (Å²) in [4.78, 5) is 4.72. The van der Waals surface area contributed by atoms with E-state index in [2.05, 4.69) is 41.1 Å². The number of hydrogen-bond acceptors (Lipinski definition) is 3. The molecular weight excluding hydrogens is 282 g/mol. The molecule has 1 aliphatic heterocycles. The van der Waals surface area contributed by atoms with Crippen LogP contribution in [-0.4, -0.2) is 54.2 Å². The Hall–Kier alpha value is -1.33. The molecule has 1 aromatic rings. The van der Waals surface area contributed by atoms with Crippen molar-refractivity contribution in [2.24, 2.45) is 0 Å². The van der Waals surface area contributed by atoms with Gasteiger partial charge in [-0.3, -0.25) is 4.90 Å². The second-order valence-corrected chi connectivity index (χ2v) is 6.11. The molecule has 0 bridgehead atoms. The zero-order chi connectivity index (χ0) is 15.2. The van der Waals surface area contributed by atoms with Crippen molar-refractivity contribution in [2.45, 2.75) is 26.4 Å². The molecule has 1 heterocycles. The van der Waals surface area contributed by atoms with E-state index in [0.717, 1.165) is 43.6 Å². The van der Waals surface area contributed by atoms with Crippen LogP contribution >= 0.6 is 12.2 Å². The van der Waals surface area contributed by atoms with Gasteiger partial charge in [0.25, 0.3) is 0 Å². The Labute approximate surface area is 133 Å². The van der Waals surface area contributed by atoms with Gasteiger partial charge in [0.15, 0.2) is 5.11 Å². The molecule has 21 heavy (non-hydrogen) atoms. The molecule has 1 aromatic carbocycles. The van der Waals surface area contributed by atoms with Gasteiger partial charge >= 0.3 is 0 Å². The van der Waals surface area contributed by atoms with Crippen LogP contribution in [0.2, 0.25) is 0 Å². The van der Waals surface area contributed by atoms with Crippen molar-refractivity contribution in [3.05, 3.63) is 29.8 Å². The van der Waals surface area contributed by atoms with E-state index in [1.807, 2.05) is 12.1 Å². The molecule has 4 nitrogen and oxygen atoms in total. The molecule has 1 aliphatic rings. The Bertz CT molecular complexity index is 470. The summed E-state index contributed by atoms with van der Waals surface area (Å²) in [5, 5.41) is 4.19. The van der Waals surface area contributed by atoms with Gasteiger partial charge in [0, 0.05) is 38.8 Å². The normalized spacial score (nSPS) is 16.1. The fraction of sp³-hybridized carbons (Fsp3) is 0.562. The predicted molar refractivity (Wildman–Crippen MR) is 90.7 cm³/mol. The second kappa shape index (κ2) is 7.61. The van der Waals surface area contributed by atoms with Gasteiger partial charge in [0.2, 0.25) is 0 Å². The van der Waals surface area contributed by atoms with Gasteiger partial charge in [-0.05, 0) is 43.8 Å². The third-order valence-corrected chi connectivity index (χ3v) is 3.99. The molecule has 0 aromatic heterocycles. The van der Waals surface area contributed by atoms with Crippen LogP contribution < -0.4 is 10.1 Å². The van der Waals surface area contributed by atoms with Crippen LogP contribution in [0.4, 0.5) is 0 Å². The molecule has 0 aliphatic carbocycles. The lowest BCUT2D eigenvalue weighted by atomic mass is 10.2. The van der Waals surface area contributed by atoms with Gasteiger partial charge in [-0.2, -0.15) is 0 Å². The summed E-state index contributed by atoms with van der Waals surface area (Å²) < 4.78 is 5.28. The maximum absolute atomic E-state index is 5.43. The van der Waals surface area contributed by atoms with Crippen molar-refractivity contribution in [1.29, 1.82) is 0 Å². The molecule has 0 unspecified atom stereocenters. The number of benzene rings is 1. The quantitative estimate of drug-likeness (QED) is 0.860. The van der Waals surface area contributed by atoms with E-state index in [0.29, 0.717) is 6.04 Å². The highest BCUT2D eigenvalue weighted by Gasteiger charge is 2.19. The highest BCUT2D eigenvalue weighted by atomic mass is 32.1. The molecule has 2 rings (SSSR count). The van der Waals surface area contributed by atoms with E-state index in [1.165, 1.54) is 5.56 Å². The van der Waals surface area contributed by atoms with E-state index >= 15 is 0 Å². The minimum atomic E-state index is 0.396. The molecule has 0 atom stereocenters. The summed E-state index contributed by atoms with van der Waals surface area (Å²) in [6, 6.07) is 8.69. The lowest BCUT2D eigenvalue weighted by Gasteiger charge is -2.36. The first-order valence-corrected chi connectivity index (χ1v) is 7.90. The zero-order valence-corrected chi connectivity index (χ0v) is 13.9. The van der Waals surface area contributed by atoms with Gasteiger partial charge in [-0.15, -0.1) is 0 Å². The molecule has 0 spiro atoms. The van der Waals surface area contributed by atoms with Crippen LogP contribution in [0.1, 0.15) is 19.4 Å². The molecular formula is C16H25N3OS. The summed E-state index contributed by atoms with van der Waals surface area (Å²) in [6.07, 6.45) is 0. The minimum absolute atomic E-state index is 0.396. The molecule has 0 amide bonds. The topological polar surface area (TPSA) is 27.7 Å². The first-order valence-electron chi connectivity index (χ1n) is 7.49. The fourth-order valence-electron chi connectivity index (χ4n) is 2.48. The van der Waals surface area contributed by atoms with Crippen molar-refractivity contribution in [3.8, 4) is 5.75 Å². The number of rotatable bonds is 4. The Morgan fingerprint density at radius 2 is 2.00 bits per heavy atom. The van der Waals surface area contributed by atoms with Gasteiger partial charge in [0.05, 0.1) is 7.11 Å². The molecule has 116 valence electrons. The van der Waals surface area contributed by atoms with Crippen LogP contribution in [0.15, 0.2) is 24.3 Å². The molecule has 1 N–H and O–H groups in total. The zero-order valence-electron chi connectivity index (χ0n) is 13.1. The second-order valence-electron chi connectivity index (χ2n) is 5.72. The van der Waals surface area contributed by atoms with E-state index in [1.54, 1.807) is 7.11 Å². The third-order valence-electron chi connectivity index (χ3n) is 3.61. The Balaban J connectivity index is 1.82. The summed E-state index contributed by atoms with van der Waals surface area (Å²) >= 11 is 5.43. The van der Waals surface area contributed by atoms with Crippen molar-refractivity contribution in [3.63, 3.8) is 0 Å². The summed E-state index contributed by atoms with van der Waals surface area (Å²) in [7, 11) is 1.71. The third kappa shape index (κ3) is 4.86. The number of nitrogens with one attached hydrogen (secondary N) is 1. The smallest absolute Gasteiger partial charge is 0.169 e. The summed E-state index contributed by atoms with van der Waals surface area (Å²) in [5.41, 5.74) is 1.30. The number of piperazine rings is 1. The first kappa shape index (κ1) is 16.0. The minimum Gasteiger partial charge on any atom is -0.497 e. The van der Waals surface area contributed by atoms with Crippen LogP contribution in [0, 0.1) is 0 Å². The first-order chi connectivity index (χ1) is 10.1. The summed E-state index contributed by atoms with van der Waals surface area (Å²) in [5.74, 6) is 0.924. The molecule has 0 saturated carbocycles. The number of methoxy groups -OCH3 is 1. The number of hydrogen-bond donors (Lipinski definition) is 1. The standard InChI is InChI=1S/C16H25N3OS/c1-13(2)17-16(21)19-9-7-18(8-10-19)12-14-5-4-6-15(11-14)20-3/h4-6,11,13H,7-10,12H2,1-3H3,(H,17,21). The van der Waals surface area contributed by atoms with Crippen LogP contribution in [0.5, 0.6) is 5.75 Å². The number of thiocarbonyl (C=S) groups is 1. The van der Waals surface area contributed by atoms with Crippen LogP contribution in [0.25, 0.3) is 0 Å². The van der Waals surface area contributed by atoms with E-state index in [9.17, 15) is 0 Å². The molecule has 5 heteroatoms. The number of nitrogens with zero attached hydrogens (tertiary/aromatic N) is 2. The average molecular weight is 307 g/mol. The molecule has 1 fully saturated rings. The van der Waals surface area contributed by atoms with Gasteiger partial charge < -0.3 is 15.0 Å². The maximum atomic E-state index is 5.43. The van der Waals surface area contributed by atoms with Crippen molar-refractivity contribution < 1.29 is 4.74 Å². The Morgan fingerprint density at radius 1 is 1.29 bits per heavy atom. The lowest BCUT2D eigenvalue weighted by Crippen LogP contribution is -2.52. The van der Waals surface area contributed by atoms with Gasteiger partial charge in [-0.1, -0.05) is 12.1 Å². The van der Waals surface area contributed by atoms with Crippen LogP contribution in [0.3, 0.4) is 0 Å². The highest BCUT2D eigenvalue weighted by Crippen LogP contribution is 2.15. The lowest BCUT2D eigenvalue weighted by molar-refractivity contribution is 0.174. The van der Waals surface area contributed by atoms with Gasteiger partial charge in [0.1, 0.15) is 5.75 Å². The largest absolute Gasteiger partial charge is 0.497 e. The predicted octanol–water partition coefficient (Wildman–Crippen LogP) is 2.10. The van der Waals surface area contributed by atoms with Crippen molar-refractivity contribution in [1.82, 2.24) is 15.1 Å². The number of ether oxygens (including phenoxy) is 1.